The maximum Gasteiger partial charge on any atom is 0.414 e. The zero-order chi connectivity index (χ0) is 15.8. The topological polar surface area (TPSA) is 102 Å². The SMILES string of the molecule is CCCC1(C#N)SCC(N(C)C)CS1.O=C(O)C(=O)O. The number of nitrogens with zero attached hydrogens (tertiary/aromatic N) is 2. The number of rotatable bonds is 3. The number of hydrogen-bond donors (Lipinski definition) is 2. The minimum absolute atomic E-state index is 0.152. The van der Waals surface area contributed by atoms with Crippen molar-refractivity contribution >= 4 is 35.5 Å². The molecule has 0 saturated carbocycles. The highest BCUT2D eigenvalue weighted by molar-refractivity contribution is 8.19. The Bertz CT molecular complexity index is 362. The van der Waals surface area contributed by atoms with E-state index in [2.05, 4.69) is 32.0 Å². The Morgan fingerprint density at radius 2 is 1.75 bits per heavy atom. The summed E-state index contributed by atoms with van der Waals surface area (Å²) in [7, 11) is 4.23. The summed E-state index contributed by atoms with van der Waals surface area (Å²) in [5.74, 6) is -1.47. The molecule has 0 spiro atoms. The second kappa shape index (κ2) is 9.10. The van der Waals surface area contributed by atoms with Gasteiger partial charge in [-0.25, -0.2) is 9.59 Å². The second-order valence-corrected chi connectivity index (χ2v) is 7.36. The van der Waals surface area contributed by atoms with E-state index in [1.165, 1.54) is 0 Å². The van der Waals surface area contributed by atoms with Gasteiger partial charge in [-0.05, 0) is 20.5 Å². The van der Waals surface area contributed by atoms with Gasteiger partial charge in [-0.1, -0.05) is 13.3 Å². The summed E-state index contributed by atoms with van der Waals surface area (Å²) >= 11 is 3.66. The molecule has 1 heterocycles. The fraction of sp³-hybridized carbons (Fsp3) is 0.750. The smallest absolute Gasteiger partial charge is 0.414 e. The quantitative estimate of drug-likeness (QED) is 0.756. The lowest BCUT2D eigenvalue weighted by molar-refractivity contribution is -0.159. The predicted octanol–water partition coefficient (Wildman–Crippen LogP) is 1.57. The first-order valence-corrected chi connectivity index (χ1v) is 8.07. The van der Waals surface area contributed by atoms with Gasteiger partial charge in [0.05, 0.1) is 6.07 Å². The van der Waals surface area contributed by atoms with Gasteiger partial charge in [-0.2, -0.15) is 5.26 Å². The Morgan fingerprint density at radius 3 is 2.00 bits per heavy atom. The number of carbonyl (C=O) groups is 2. The van der Waals surface area contributed by atoms with E-state index < -0.39 is 11.9 Å². The van der Waals surface area contributed by atoms with Gasteiger partial charge in [0.25, 0.3) is 0 Å². The van der Waals surface area contributed by atoms with Gasteiger partial charge >= 0.3 is 11.9 Å². The third kappa shape index (κ3) is 6.50. The van der Waals surface area contributed by atoms with Crippen molar-refractivity contribution in [3.63, 3.8) is 0 Å². The molecule has 2 N–H and O–H groups in total. The third-order valence-electron chi connectivity index (χ3n) is 2.68. The number of hydrogen-bond acceptors (Lipinski definition) is 6. The molecule has 0 amide bonds. The molecule has 0 unspecified atom stereocenters. The second-order valence-electron chi connectivity index (χ2n) is 4.46. The zero-order valence-electron chi connectivity index (χ0n) is 11.8. The van der Waals surface area contributed by atoms with Crippen LogP contribution in [-0.4, -0.2) is 62.8 Å². The minimum Gasteiger partial charge on any atom is -0.473 e. The largest absolute Gasteiger partial charge is 0.473 e. The molecule has 6 nitrogen and oxygen atoms in total. The van der Waals surface area contributed by atoms with Crippen molar-refractivity contribution in [2.75, 3.05) is 25.6 Å². The van der Waals surface area contributed by atoms with Crippen molar-refractivity contribution in [3.8, 4) is 6.07 Å². The summed E-state index contributed by atoms with van der Waals surface area (Å²) in [6.45, 7) is 2.15. The average Bonchev–Trinajstić information content (AvgIpc) is 2.40. The number of carboxylic acids is 2. The van der Waals surface area contributed by atoms with Gasteiger partial charge in [-0.3, -0.25) is 0 Å². The van der Waals surface area contributed by atoms with Crippen LogP contribution in [-0.2, 0) is 9.59 Å². The van der Waals surface area contributed by atoms with Gasteiger partial charge in [0.15, 0.2) is 0 Å². The summed E-state index contributed by atoms with van der Waals surface area (Å²) in [6, 6.07) is 3.11. The Balaban J connectivity index is 0.000000511. The van der Waals surface area contributed by atoms with E-state index in [0.717, 1.165) is 24.3 Å². The Hall–Kier alpha value is -0.910. The van der Waals surface area contributed by atoms with Gasteiger partial charge in [-0.15, -0.1) is 23.5 Å². The molecular formula is C12H20N2O4S2. The van der Waals surface area contributed by atoms with Crippen LogP contribution in [0.1, 0.15) is 19.8 Å². The summed E-state index contributed by atoms with van der Waals surface area (Å²) in [5.41, 5.74) is 0. The van der Waals surface area contributed by atoms with Crippen LogP contribution in [0.15, 0.2) is 0 Å². The van der Waals surface area contributed by atoms with Crippen LogP contribution in [0, 0.1) is 11.3 Å². The normalized spacial score (nSPS) is 25.2. The highest BCUT2D eigenvalue weighted by Crippen LogP contribution is 2.45. The fourth-order valence-corrected chi connectivity index (χ4v) is 4.92. The zero-order valence-corrected chi connectivity index (χ0v) is 13.5. The number of aliphatic carboxylic acids is 2. The van der Waals surface area contributed by atoms with Crippen LogP contribution >= 0.6 is 23.5 Å². The van der Waals surface area contributed by atoms with Crippen molar-refractivity contribution in [3.05, 3.63) is 0 Å². The van der Waals surface area contributed by atoms with Gasteiger partial charge in [0, 0.05) is 17.5 Å². The van der Waals surface area contributed by atoms with Gasteiger partial charge in [0.1, 0.15) is 4.08 Å². The van der Waals surface area contributed by atoms with Crippen molar-refractivity contribution < 1.29 is 19.8 Å². The van der Waals surface area contributed by atoms with E-state index in [0.29, 0.717) is 6.04 Å². The first-order valence-electron chi connectivity index (χ1n) is 6.09. The molecule has 0 aliphatic carbocycles. The lowest BCUT2D eigenvalue weighted by atomic mass is 10.2. The number of nitriles is 1. The molecule has 8 heteroatoms. The molecule has 0 aromatic heterocycles. The molecule has 0 atom stereocenters. The summed E-state index contributed by atoms with van der Waals surface area (Å²) < 4.78 is -0.152. The van der Waals surface area contributed by atoms with Crippen molar-refractivity contribution in [2.45, 2.75) is 29.9 Å². The van der Waals surface area contributed by atoms with E-state index in [1.54, 1.807) is 0 Å². The molecule has 114 valence electrons. The van der Waals surface area contributed by atoms with E-state index in [1.807, 2.05) is 23.5 Å². The van der Waals surface area contributed by atoms with Crippen LogP contribution < -0.4 is 0 Å². The highest BCUT2D eigenvalue weighted by Gasteiger charge is 2.36. The molecule has 1 rings (SSSR count). The minimum atomic E-state index is -1.82. The Labute approximate surface area is 127 Å². The van der Waals surface area contributed by atoms with Crippen molar-refractivity contribution in [1.29, 1.82) is 5.26 Å². The monoisotopic (exact) mass is 320 g/mol. The maximum atomic E-state index is 9.19. The number of thioether (sulfide) groups is 2. The Kier molecular flexibility index (Phi) is 8.69. The van der Waals surface area contributed by atoms with Crippen LogP contribution in [0.2, 0.25) is 0 Å². The van der Waals surface area contributed by atoms with Crippen molar-refractivity contribution in [2.24, 2.45) is 0 Å². The van der Waals surface area contributed by atoms with Crippen LogP contribution in [0.4, 0.5) is 0 Å². The van der Waals surface area contributed by atoms with E-state index >= 15 is 0 Å². The summed E-state index contributed by atoms with van der Waals surface area (Å²) in [5, 5.41) is 24.0. The van der Waals surface area contributed by atoms with Crippen LogP contribution in [0.5, 0.6) is 0 Å². The molecule has 1 saturated heterocycles. The van der Waals surface area contributed by atoms with Crippen LogP contribution in [0.25, 0.3) is 0 Å². The lowest BCUT2D eigenvalue weighted by Crippen LogP contribution is -2.39. The third-order valence-corrected chi connectivity index (χ3v) is 6.01. The average molecular weight is 320 g/mol. The van der Waals surface area contributed by atoms with Crippen molar-refractivity contribution in [1.82, 2.24) is 4.90 Å². The summed E-state index contributed by atoms with van der Waals surface area (Å²) in [4.78, 5) is 20.5. The Morgan fingerprint density at radius 1 is 1.30 bits per heavy atom. The molecule has 1 aliphatic heterocycles. The van der Waals surface area contributed by atoms with E-state index in [-0.39, 0.29) is 4.08 Å². The molecular weight excluding hydrogens is 300 g/mol. The molecule has 0 radical (unpaired) electrons. The van der Waals surface area contributed by atoms with E-state index in [9.17, 15) is 5.26 Å². The van der Waals surface area contributed by atoms with E-state index in [4.69, 9.17) is 19.8 Å². The van der Waals surface area contributed by atoms with Gasteiger partial charge in [0.2, 0.25) is 0 Å². The van der Waals surface area contributed by atoms with Gasteiger partial charge < -0.3 is 15.1 Å². The standard InChI is InChI=1S/C10H18N2S2.C2H2O4/c1-4-5-10(8-11)13-6-9(7-14-10)12(2)3;3-1(4)2(5)6/h9H,4-7H2,1-3H3;(H,3,4)(H,5,6). The summed E-state index contributed by atoms with van der Waals surface area (Å²) in [6.07, 6.45) is 2.11. The molecule has 0 bridgehead atoms. The first kappa shape index (κ1) is 19.1. The fourth-order valence-electron chi connectivity index (χ4n) is 1.44. The molecule has 0 aromatic rings. The predicted molar refractivity (Wildman–Crippen MR) is 80.9 cm³/mol. The number of carboxylic acid groups (broad SMARTS) is 2. The molecule has 1 fully saturated rings. The molecule has 1 aliphatic rings. The van der Waals surface area contributed by atoms with Crippen LogP contribution in [0.3, 0.4) is 0 Å². The maximum absolute atomic E-state index is 9.19. The highest BCUT2D eigenvalue weighted by atomic mass is 32.2. The first-order chi connectivity index (χ1) is 9.28. The molecule has 20 heavy (non-hydrogen) atoms. The lowest BCUT2D eigenvalue weighted by Gasteiger charge is -2.36. The molecule has 0 aromatic carbocycles.